The molecule has 7 nitrogen and oxygen atoms in total. The summed E-state index contributed by atoms with van der Waals surface area (Å²) < 4.78 is 27.3. The lowest BCUT2D eigenvalue weighted by molar-refractivity contribution is -0.118. The summed E-state index contributed by atoms with van der Waals surface area (Å²) in [7, 11) is -3.62. The van der Waals surface area contributed by atoms with Crippen molar-refractivity contribution in [1.29, 1.82) is 0 Å². The molecule has 0 unspecified atom stereocenters. The number of nitrogens with zero attached hydrogens (tertiary/aromatic N) is 1. The van der Waals surface area contributed by atoms with E-state index in [1.165, 1.54) is 41.1 Å². The summed E-state index contributed by atoms with van der Waals surface area (Å²) in [5, 5.41) is 5.26. The molecule has 0 atom stereocenters. The van der Waals surface area contributed by atoms with Crippen LogP contribution in [0.4, 0.5) is 0 Å². The van der Waals surface area contributed by atoms with Gasteiger partial charge in [0.2, 0.25) is 15.9 Å². The first-order valence-electron chi connectivity index (χ1n) is 9.07. The second kappa shape index (κ2) is 8.53. The summed E-state index contributed by atoms with van der Waals surface area (Å²) in [5.74, 6) is -0.481. The minimum absolute atomic E-state index is 0.163. The van der Waals surface area contributed by atoms with Gasteiger partial charge in [-0.3, -0.25) is 9.59 Å². The van der Waals surface area contributed by atoms with Gasteiger partial charge >= 0.3 is 0 Å². The van der Waals surface area contributed by atoms with E-state index in [1.807, 2.05) is 24.3 Å². The van der Waals surface area contributed by atoms with Gasteiger partial charge in [-0.15, -0.1) is 0 Å². The zero-order chi connectivity index (χ0) is 20.1. The van der Waals surface area contributed by atoms with Gasteiger partial charge in [0, 0.05) is 38.7 Å². The highest BCUT2D eigenvalue weighted by Gasteiger charge is 2.28. The normalized spacial score (nSPS) is 14.2. The first-order valence-corrected chi connectivity index (χ1v) is 10.5. The number of benzene rings is 2. The number of nitrogens with one attached hydrogen (secondary N) is 2. The van der Waals surface area contributed by atoms with E-state index in [4.69, 9.17) is 0 Å². The molecular weight excluding hydrogens is 378 g/mol. The Hall–Kier alpha value is -2.71. The maximum atomic E-state index is 12.9. The molecule has 1 heterocycles. The third-order valence-corrected chi connectivity index (χ3v) is 6.49. The van der Waals surface area contributed by atoms with Crippen molar-refractivity contribution < 1.29 is 18.0 Å². The topological polar surface area (TPSA) is 95.6 Å². The molecule has 0 aliphatic carbocycles. The van der Waals surface area contributed by atoms with Crippen LogP contribution < -0.4 is 10.6 Å². The van der Waals surface area contributed by atoms with E-state index in [-0.39, 0.29) is 16.7 Å². The molecule has 0 saturated carbocycles. The Balaban J connectivity index is 1.65. The quantitative estimate of drug-likeness (QED) is 0.713. The van der Waals surface area contributed by atoms with E-state index in [0.29, 0.717) is 38.2 Å². The molecule has 0 spiro atoms. The summed E-state index contributed by atoms with van der Waals surface area (Å²) in [6, 6.07) is 13.8. The fourth-order valence-electron chi connectivity index (χ4n) is 3.12. The van der Waals surface area contributed by atoms with Crippen LogP contribution in [0.5, 0.6) is 0 Å². The van der Waals surface area contributed by atoms with Crippen LogP contribution in [0.2, 0.25) is 0 Å². The van der Waals surface area contributed by atoms with Crippen LogP contribution in [-0.4, -0.2) is 44.2 Å². The number of hydrogen-bond donors (Lipinski definition) is 2. The molecule has 1 aliphatic heterocycles. The number of hydrogen-bond acceptors (Lipinski definition) is 4. The van der Waals surface area contributed by atoms with Crippen LogP contribution in [0, 0.1) is 0 Å². The zero-order valence-corrected chi connectivity index (χ0v) is 16.5. The Kier molecular flexibility index (Phi) is 6.11. The van der Waals surface area contributed by atoms with Gasteiger partial charge in [-0.25, -0.2) is 8.42 Å². The number of rotatable bonds is 6. The standard InChI is InChI=1S/C20H23N3O4S/c1-15(24)21-11-12-22-20(25)17-6-8-19(9-7-17)28(26,27)23-13-10-16-4-2-3-5-18(16)14-23/h2-9H,10-14H2,1H3,(H,21,24)(H,22,25). The van der Waals surface area contributed by atoms with Crippen molar-refractivity contribution in [2.45, 2.75) is 24.8 Å². The smallest absolute Gasteiger partial charge is 0.251 e. The summed E-state index contributed by atoms with van der Waals surface area (Å²) >= 11 is 0. The van der Waals surface area contributed by atoms with Gasteiger partial charge in [0.1, 0.15) is 0 Å². The van der Waals surface area contributed by atoms with Crippen LogP contribution >= 0.6 is 0 Å². The SMILES string of the molecule is CC(=O)NCCNC(=O)c1ccc(S(=O)(=O)N2CCc3ccccc3C2)cc1. The monoisotopic (exact) mass is 401 g/mol. The molecule has 0 aromatic heterocycles. The third kappa shape index (κ3) is 4.58. The van der Waals surface area contributed by atoms with E-state index in [2.05, 4.69) is 10.6 Å². The van der Waals surface area contributed by atoms with Gasteiger partial charge in [-0.2, -0.15) is 4.31 Å². The highest BCUT2D eigenvalue weighted by atomic mass is 32.2. The van der Waals surface area contributed by atoms with Crippen molar-refractivity contribution in [2.75, 3.05) is 19.6 Å². The Morgan fingerprint density at radius 1 is 0.964 bits per heavy atom. The Labute approximate surface area is 164 Å². The number of fused-ring (bicyclic) bond motifs is 1. The van der Waals surface area contributed by atoms with Crippen molar-refractivity contribution in [3.63, 3.8) is 0 Å². The molecule has 0 bridgehead atoms. The molecule has 1 aliphatic rings. The second-order valence-corrected chi connectivity index (χ2v) is 8.56. The van der Waals surface area contributed by atoms with Crippen molar-refractivity contribution in [2.24, 2.45) is 0 Å². The lowest BCUT2D eigenvalue weighted by atomic mass is 10.0. The molecule has 148 valence electrons. The number of amides is 2. The molecule has 28 heavy (non-hydrogen) atoms. The zero-order valence-electron chi connectivity index (χ0n) is 15.6. The van der Waals surface area contributed by atoms with Crippen molar-refractivity contribution in [3.8, 4) is 0 Å². The van der Waals surface area contributed by atoms with Gasteiger partial charge < -0.3 is 10.6 Å². The van der Waals surface area contributed by atoms with E-state index in [0.717, 1.165) is 5.56 Å². The van der Waals surface area contributed by atoms with Crippen LogP contribution in [0.3, 0.4) is 0 Å². The summed E-state index contributed by atoms with van der Waals surface area (Å²) in [6.07, 6.45) is 0.685. The summed E-state index contributed by atoms with van der Waals surface area (Å²) in [4.78, 5) is 23.1. The maximum Gasteiger partial charge on any atom is 0.251 e. The highest BCUT2D eigenvalue weighted by molar-refractivity contribution is 7.89. The number of carbonyl (C=O) groups excluding carboxylic acids is 2. The van der Waals surface area contributed by atoms with Gasteiger partial charge in [0.25, 0.3) is 5.91 Å². The summed E-state index contributed by atoms with van der Waals surface area (Å²) in [5.41, 5.74) is 2.57. The number of carbonyl (C=O) groups is 2. The van der Waals surface area contributed by atoms with Crippen LogP contribution in [0.1, 0.15) is 28.4 Å². The predicted molar refractivity (Wildman–Crippen MR) is 105 cm³/mol. The highest BCUT2D eigenvalue weighted by Crippen LogP contribution is 2.25. The average Bonchev–Trinajstić information content (AvgIpc) is 2.70. The lowest BCUT2D eigenvalue weighted by Crippen LogP contribution is -2.36. The Bertz CT molecular complexity index is 971. The van der Waals surface area contributed by atoms with Crippen molar-refractivity contribution >= 4 is 21.8 Å². The Morgan fingerprint density at radius 2 is 1.61 bits per heavy atom. The minimum atomic E-state index is -3.62. The molecule has 2 aromatic rings. The fraction of sp³-hybridized carbons (Fsp3) is 0.300. The second-order valence-electron chi connectivity index (χ2n) is 6.62. The molecule has 8 heteroatoms. The van der Waals surface area contributed by atoms with E-state index < -0.39 is 10.0 Å². The van der Waals surface area contributed by atoms with Crippen LogP contribution in [-0.2, 0) is 27.8 Å². The van der Waals surface area contributed by atoms with Crippen LogP contribution in [0.15, 0.2) is 53.4 Å². The molecule has 3 rings (SSSR count). The first kappa shape index (κ1) is 20.0. The molecule has 0 radical (unpaired) electrons. The molecule has 2 N–H and O–H groups in total. The maximum absolute atomic E-state index is 12.9. The van der Waals surface area contributed by atoms with E-state index in [1.54, 1.807) is 0 Å². The average molecular weight is 401 g/mol. The van der Waals surface area contributed by atoms with Crippen molar-refractivity contribution in [1.82, 2.24) is 14.9 Å². The predicted octanol–water partition coefficient (Wildman–Crippen LogP) is 1.30. The lowest BCUT2D eigenvalue weighted by Gasteiger charge is -2.28. The van der Waals surface area contributed by atoms with Gasteiger partial charge in [0.05, 0.1) is 4.90 Å². The largest absolute Gasteiger partial charge is 0.355 e. The molecule has 2 amide bonds. The summed E-state index contributed by atoms with van der Waals surface area (Å²) in [6.45, 7) is 2.83. The van der Waals surface area contributed by atoms with E-state index in [9.17, 15) is 18.0 Å². The van der Waals surface area contributed by atoms with Crippen LogP contribution in [0.25, 0.3) is 0 Å². The third-order valence-electron chi connectivity index (χ3n) is 4.63. The first-order chi connectivity index (χ1) is 13.4. The molecule has 0 saturated heterocycles. The molecule has 2 aromatic carbocycles. The fourth-order valence-corrected chi connectivity index (χ4v) is 4.54. The number of sulfonamides is 1. The minimum Gasteiger partial charge on any atom is -0.355 e. The molecular formula is C20H23N3O4S. The molecule has 0 fully saturated rings. The van der Waals surface area contributed by atoms with Crippen molar-refractivity contribution in [3.05, 3.63) is 65.2 Å². The van der Waals surface area contributed by atoms with Gasteiger partial charge in [-0.1, -0.05) is 24.3 Å². The van der Waals surface area contributed by atoms with E-state index >= 15 is 0 Å². The van der Waals surface area contributed by atoms with Gasteiger partial charge in [0.15, 0.2) is 0 Å². The van der Waals surface area contributed by atoms with Gasteiger partial charge in [-0.05, 0) is 41.8 Å². The Morgan fingerprint density at radius 3 is 2.29 bits per heavy atom.